The number of ether oxygens (including phenoxy) is 2. The van der Waals surface area contributed by atoms with Crippen LogP contribution in [0.2, 0.25) is 0 Å². The molecule has 0 saturated carbocycles. The smallest absolute Gasteiger partial charge is 0.219 e. The molecule has 0 radical (unpaired) electrons. The van der Waals surface area contributed by atoms with Crippen LogP contribution in [0.25, 0.3) is 0 Å². The SMILES string of the molecule is CC.COc1cc(C(C)C)c(O/C(C#N)=C/Nc2ccccc2)cc1C. The van der Waals surface area contributed by atoms with E-state index in [1.54, 1.807) is 13.3 Å². The Bertz CT molecular complexity index is 760. The summed E-state index contributed by atoms with van der Waals surface area (Å²) in [4.78, 5) is 0. The van der Waals surface area contributed by atoms with Crippen molar-refractivity contribution < 1.29 is 9.47 Å². The lowest BCUT2D eigenvalue weighted by Crippen LogP contribution is -2.02. The molecule has 0 unspecified atom stereocenters. The number of anilines is 1. The highest BCUT2D eigenvalue weighted by atomic mass is 16.5. The Morgan fingerprint density at radius 3 is 2.31 bits per heavy atom. The summed E-state index contributed by atoms with van der Waals surface area (Å²) in [6.45, 7) is 10.1. The van der Waals surface area contributed by atoms with Crippen molar-refractivity contribution in [3.05, 3.63) is 65.6 Å². The van der Waals surface area contributed by atoms with Crippen molar-refractivity contribution in [2.75, 3.05) is 12.4 Å². The van der Waals surface area contributed by atoms with Gasteiger partial charge in [0, 0.05) is 11.3 Å². The molecule has 2 rings (SSSR count). The number of hydrogen-bond donors (Lipinski definition) is 1. The third-order valence-electron chi connectivity index (χ3n) is 3.62. The molecular formula is C22H28N2O2. The van der Waals surface area contributed by atoms with Crippen molar-refractivity contribution in [3.8, 4) is 17.6 Å². The van der Waals surface area contributed by atoms with E-state index in [0.717, 1.165) is 22.6 Å². The number of hydrogen-bond acceptors (Lipinski definition) is 4. The Morgan fingerprint density at radius 1 is 1.12 bits per heavy atom. The predicted octanol–water partition coefficient (Wildman–Crippen LogP) is 6.01. The number of rotatable bonds is 6. The summed E-state index contributed by atoms with van der Waals surface area (Å²) in [5.41, 5.74) is 2.85. The van der Waals surface area contributed by atoms with Crippen molar-refractivity contribution in [1.29, 1.82) is 5.26 Å². The maximum absolute atomic E-state index is 9.36. The third kappa shape index (κ3) is 5.86. The molecule has 26 heavy (non-hydrogen) atoms. The minimum absolute atomic E-state index is 0.199. The Morgan fingerprint density at radius 2 is 1.77 bits per heavy atom. The summed E-state index contributed by atoms with van der Waals surface area (Å²) in [5, 5.41) is 12.4. The first-order chi connectivity index (χ1) is 12.5. The molecule has 0 bridgehead atoms. The van der Waals surface area contributed by atoms with Gasteiger partial charge in [-0.15, -0.1) is 0 Å². The molecule has 0 saturated heterocycles. The second-order valence-corrected chi connectivity index (χ2v) is 5.75. The third-order valence-corrected chi connectivity index (χ3v) is 3.62. The number of aryl methyl sites for hydroxylation is 1. The average Bonchev–Trinajstić information content (AvgIpc) is 2.67. The summed E-state index contributed by atoms with van der Waals surface area (Å²) in [6, 6.07) is 15.6. The molecule has 0 atom stereocenters. The molecule has 0 fully saturated rings. The van der Waals surface area contributed by atoms with Crippen LogP contribution in [0.15, 0.2) is 54.4 Å². The summed E-state index contributed by atoms with van der Waals surface area (Å²) < 4.78 is 11.2. The molecule has 4 nitrogen and oxygen atoms in total. The van der Waals surface area contributed by atoms with Crippen LogP contribution in [-0.2, 0) is 0 Å². The molecule has 0 amide bonds. The molecular weight excluding hydrogens is 324 g/mol. The van der Waals surface area contributed by atoms with Crippen molar-refractivity contribution in [1.82, 2.24) is 0 Å². The molecule has 1 N–H and O–H groups in total. The lowest BCUT2D eigenvalue weighted by atomic mass is 10.00. The van der Waals surface area contributed by atoms with Gasteiger partial charge in [0.2, 0.25) is 5.76 Å². The Hall–Kier alpha value is -2.93. The van der Waals surface area contributed by atoms with Gasteiger partial charge in [0.25, 0.3) is 0 Å². The largest absolute Gasteiger partial charge is 0.496 e. The van der Waals surface area contributed by atoms with Crippen LogP contribution in [0.1, 0.15) is 44.7 Å². The number of nitrogens with one attached hydrogen (secondary N) is 1. The first kappa shape index (κ1) is 21.1. The first-order valence-electron chi connectivity index (χ1n) is 8.83. The van der Waals surface area contributed by atoms with Gasteiger partial charge in [-0.2, -0.15) is 5.26 Å². The molecule has 0 aliphatic rings. The Balaban J connectivity index is 0.00000163. The van der Waals surface area contributed by atoms with Crippen LogP contribution < -0.4 is 14.8 Å². The van der Waals surface area contributed by atoms with Crippen LogP contribution in [0.5, 0.6) is 11.5 Å². The van der Waals surface area contributed by atoms with Crippen LogP contribution in [-0.4, -0.2) is 7.11 Å². The highest BCUT2D eigenvalue weighted by Crippen LogP contribution is 2.34. The van der Waals surface area contributed by atoms with Crippen molar-refractivity contribution >= 4 is 5.69 Å². The van der Waals surface area contributed by atoms with E-state index in [9.17, 15) is 5.26 Å². The Labute approximate surface area is 157 Å². The quantitative estimate of drug-likeness (QED) is 0.511. The van der Waals surface area contributed by atoms with Gasteiger partial charge in [-0.1, -0.05) is 45.9 Å². The van der Waals surface area contributed by atoms with Gasteiger partial charge >= 0.3 is 0 Å². The van der Waals surface area contributed by atoms with Gasteiger partial charge in [0.15, 0.2) is 0 Å². The molecule has 0 spiro atoms. The van der Waals surface area contributed by atoms with E-state index in [2.05, 4.69) is 25.2 Å². The summed E-state index contributed by atoms with van der Waals surface area (Å²) >= 11 is 0. The molecule has 0 aliphatic heterocycles. The van der Waals surface area contributed by atoms with Gasteiger partial charge in [-0.3, -0.25) is 0 Å². The van der Waals surface area contributed by atoms with Gasteiger partial charge in [0.1, 0.15) is 17.6 Å². The van der Waals surface area contributed by atoms with Crippen LogP contribution in [0.3, 0.4) is 0 Å². The fourth-order valence-corrected chi connectivity index (χ4v) is 2.32. The first-order valence-corrected chi connectivity index (χ1v) is 8.83. The van der Waals surface area contributed by atoms with E-state index in [1.807, 2.05) is 63.2 Å². The van der Waals surface area contributed by atoms with E-state index in [4.69, 9.17) is 9.47 Å². The molecule has 2 aromatic carbocycles. The zero-order valence-corrected chi connectivity index (χ0v) is 16.5. The zero-order valence-electron chi connectivity index (χ0n) is 16.5. The van der Waals surface area contributed by atoms with Gasteiger partial charge in [-0.05, 0) is 42.7 Å². The Kier molecular flexibility index (Phi) is 8.80. The molecule has 0 heterocycles. The molecule has 2 aromatic rings. The summed E-state index contributed by atoms with van der Waals surface area (Å²) in [7, 11) is 1.65. The fourth-order valence-electron chi connectivity index (χ4n) is 2.32. The van der Waals surface area contributed by atoms with E-state index in [1.165, 1.54) is 0 Å². The number of methoxy groups -OCH3 is 1. The van der Waals surface area contributed by atoms with Gasteiger partial charge in [0.05, 0.1) is 13.3 Å². The molecule has 0 aliphatic carbocycles. The normalized spacial score (nSPS) is 10.5. The summed E-state index contributed by atoms with van der Waals surface area (Å²) in [5.74, 6) is 1.93. The average molecular weight is 352 g/mol. The van der Waals surface area contributed by atoms with Crippen molar-refractivity contribution in [2.45, 2.75) is 40.5 Å². The predicted molar refractivity (Wildman–Crippen MR) is 108 cm³/mol. The van der Waals surface area contributed by atoms with Gasteiger partial charge in [-0.25, -0.2) is 0 Å². The van der Waals surface area contributed by atoms with E-state index < -0.39 is 0 Å². The van der Waals surface area contributed by atoms with Gasteiger partial charge < -0.3 is 14.8 Å². The second kappa shape index (κ2) is 10.8. The summed E-state index contributed by atoms with van der Waals surface area (Å²) in [6.07, 6.45) is 1.57. The van der Waals surface area contributed by atoms with Crippen molar-refractivity contribution in [2.24, 2.45) is 0 Å². The zero-order chi connectivity index (χ0) is 19.5. The lowest BCUT2D eigenvalue weighted by Gasteiger charge is -2.16. The highest BCUT2D eigenvalue weighted by Gasteiger charge is 2.14. The monoisotopic (exact) mass is 352 g/mol. The lowest BCUT2D eigenvalue weighted by molar-refractivity contribution is 0.404. The minimum atomic E-state index is 0.199. The minimum Gasteiger partial charge on any atom is -0.496 e. The van der Waals surface area contributed by atoms with Crippen LogP contribution in [0.4, 0.5) is 5.69 Å². The maximum Gasteiger partial charge on any atom is 0.219 e. The van der Waals surface area contributed by atoms with Crippen molar-refractivity contribution in [3.63, 3.8) is 0 Å². The number of nitrogens with zero attached hydrogens (tertiary/aromatic N) is 1. The van der Waals surface area contributed by atoms with E-state index in [-0.39, 0.29) is 11.7 Å². The van der Waals surface area contributed by atoms with E-state index >= 15 is 0 Å². The number of nitriles is 1. The van der Waals surface area contributed by atoms with Crippen LogP contribution in [0, 0.1) is 18.3 Å². The number of benzene rings is 2. The number of para-hydroxylation sites is 1. The standard InChI is InChI=1S/C20H22N2O2.C2H6/c1-14(2)18-11-19(23-4)15(3)10-20(18)24-17(12-21)13-22-16-8-6-5-7-9-16;1-2/h5-11,13-14,22H,1-4H3;1-2H3/b17-13+;. The van der Waals surface area contributed by atoms with E-state index in [0.29, 0.717) is 5.75 Å². The highest BCUT2D eigenvalue weighted by molar-refractivity contribution is 5.49. The molecule has 0 aromatic heterocycles. The second-order valence-electron chi connectivity index (χ2n) is 5.75. The fraction of sp³-hybridized carbons (Fsp3) is 0.318. The number of allylic oxidation sites excluding steroid dienone is 1. The topological polar surface area (TPSA) is 54.3 Å². The molecule has 138 valence electrons. The van der Waals surface area contributed by atoms with Crippen LogP contribution >= 0.6 is 0 Å². The maximum atomic E-state index is 9.36. The molecule has 4 heteroatoms.